The van der Waals surface area contributed by atoms with Crippen molar-refractivity contribution < 1.29 is 9.53 Å². The van der Waals surface area contributed by atoms with E-state index in [0.717, 1.165) is 12.8 Å². The zero-order valence-electron chi connectivity index (χ0n) is 11.4. The van der Waals surface area contributed by atoms with Gasteiger partial charge in [0.15, 0.2) is 0 Å². The minimum atomic E-state index is -0.119. The van der Waals surface area contributed by atoms with Gasteiger partial charge >= 0.3 is 5.97 Å². The van der Waals surface area contributed by atoms with Crippen LogP contribution in [0, 0.1) is 5.92 Å². The largest absolute Gasteiger partial charge is 0.466 e. The van der Waals surface area contributed by atoms with Gasteiger partial charge in [0.25, 0.3) is 0 Å². The Hall–Kier alpha value is -0.870. The molecule has 0 spiro atoms. The third-order valence-corrected chi connectivity index (χ3v) is 3.81. The van der Waals surface area contributed by atoms with Crippen molar-refractivity contribution in [2.45, 2.75) is 39.7 Å². The Kier molecular flexibility index (Phi) is 6.98. The van der Waals surface area contributed by atoms with Gasteiger partial charge in [0.2, 0.25) is 0 Å². The number of thiophene rings is 1. The van der Waals surface area contributed by atoms with Crippen LogP contribution in [0.25, 0.3) is 0 Å². The van der Waals surface area contributed by atoms with Crippen LogP contribution in [0.4, 0.5) is 0 Å². The highest BCUT2D eigenvalue weighted by Gasteiger charge is 2.17. The predicted molar refractivity (Wildman–Crippen MR) is 75.8 cm³/mol. The second kappa shape index (κ2) is 8.27. The van der Waals surface area contributed by atoms with E-state index in [1.165, 1.54) is 4.88 Å². The number of nitrogens with one attached hydrogen (secondary N) is 1. The lowest BCUT2D eigenvalue weighted by Crippen LogP contribution is -2.30. The maximum atomic E-state index is 11.5. The lowest BCUT2D eigenvalue weighted by Gasteiger charge is -2.19. The molecule has 1 aromatic rings. The lowest BCUT2D eigenvalue weighted by atomic mass is 10.1. The standard InChI is InChI=1S/C14H23NO2S/c1-4-7-12(13-8-6-9-18-13)15-10-11(3)14(16)17-5-2/h6,8-9,11-12,15H,4-5,7,10H2,1-3H3. The second-order valence-corrected chi connectivity index (χ2v) is 5.40. The monoisotopic (exact) mass is 269 g/mol. The minimum absolute atomic E-state index is 0.0933. The van der Waals surface area contributed by atoms with Gasteiger partial charge in [-0.1, -0.05) is 26.3 Å². The Morgan fingerprint density at radius 1 is 1.50 bits per heavy atom. The summed E-state index contributed by atoms with van der Waals surface area (Å²) < 4.78 is 5.01. The summed E-state index contributed by atoms with van der Waals surface area (Å²) in [5, 5.41) is 5.56. The Bertz CT molecular complexity index is 338. The number of carbonyl (C=O) groups is 1. The number of hydrogen-bond acceptors (Lipinski definition) is 4. The summed E-state index contributed by atoms with van der Waals surface area (Å²) in [4.78, 5) is 12.9. The van der Waals surface area contributed by atoms with Gasteiger partial charge in [0.05, 0.1) is 12.5 Å². The summed E-state index contributed by atoms with van der Waals surface area (Å²) in [6.45, 7) is 7.04. The fourth-order valence-electron chi connectivity index (χ4n) is 1.81. The molecule has 0 aliphatic heterocycles. The number of esters is 1. The molecule has 1 heterocycles. The van der Waals surface area contributed by atoms with E-state index in [4.69, 9.17) is 4.74 Å². The topological polar surface area (TPSA) is 38.3 Å². The highest BCUT2D eigenvalue weighted by Crippen LogP contribution is 2.23. The maximum Gasteiger partial charge on any atom is 0.309 e. The maximum absolute atomic E-state index is 11.5. The molecule has 0 saturated heterocycles. The van der Waals surface area contributed by atoms with Crippen LogP contribution in [0.3, 0.4) is 0 Å². The molecule has 1 rings (SSSR count). The van der Waals surface area contributed by atoms with E-state index in [-0.39, 0.29) is 11.9 Å². The van der Waals surface area contributed by atoms with Gasteiger partial charge in [-0.3, -0.25) is 4.79 Å². The molecular weight excluding hydrogens is 246 g/mol. The molecule has 0 fully saturated rings. The van der Waals surface area contributed by atoms with Crippen molar-refractivity contribution >= 4 is 17.3 Å². The van der Waals surface area contributed by atoms with Crippen LogP contribution in [-0.4, -0.2) is 19.1 Å². The molecule has 0 aliphatic rings. The van der Waals surface area contributed by atoms with E-state index in [1.807, 2.05) is 13.8 Å². The summed E-state index contributed by atoms with van der Waals surface area (Å²) in [7, 11) is 0. The van der Waals surface area contributed by atoms with Gasteiger partial charge in [0, 0.05) is 17.5 Å². The predicted octanol–water partition coefficient (Wildman–Crippen LogP) is 3.38. The molecule has 2 unspecified atom stereocenters. The van der Waals surface area contributed by atoms with Crippen molar-refractivity contribution in [3.63, 3.8) is 0 Å². The van der Waals surface area contributed by atoms with Crippen LogP contribution in [0.1, 0.15) is 44.5 Å². The van der Waals surface area contributed by atoms with Crippen LogP contribution >= 0.6 is 11.3 Å². The van der Waals surface area contributed by atoms with Crippen molar-refractivity contribution in [1.29, 1.82) is 0 Å². The summed E-state index contributed by atoms with van der Waals surface area (Å²) >= 11 is 1.76. The fraction of sp³-hybridized carbons (Fsp3) is 0.643. The van der Waals surface area contributed by atoms with Gasteiger partial charge in [-0.05, 0) is 24.8 Å². The molecule has 0 amide bonds. The summed E-state index contributed by atoms with van der Waals surface area (Å²) in [6.07, 6.45) is 2.22. The molecular formula is C14H23NO2S. The van der Waals surface area contributed by atoms with Crippen molar-refractivity contribution in [3.8, 4) is 0 Å². The molecule has 0 aliphatic carbocycles. The molecule has 0 bridgehead atoms. The smallest absolute Gasteiger partial charge is 0.309 e. The third-order valence-electron chi connectivity index (χ3n) is 2.82. The fourth-order valence-corrected chi connectivity index (χ4v) is 2.65. The number of carbonyl (C=O) groups excluding carboxylic acids is 1. The molecule has 2 atom stereocenters. The highest BCUT2D eigenvalue weighted by atomic mass is 32.1. The van der Waals surface area contributed by atoms with Crippen molar-refractivity contribution in [1.82, 2.24) is 5.32 Å². The average molecular weight is 269 g/mol. The molecule has 18 heavy (non-hydrogen) atoms. The number of ether oxygens (including phenoxy) is 1. The summed E-state index contributed by atoms with van der Waals surface area (Å²) in [5.41, 5.74) is 0. The van der Waals surface area contributed by atoms with E-state index >= 15 is 0 Å². The zero-order chi connectivity index (χ0) is 13.4. The molecule has 102 valence electrons. The Balaban J connectivity index is 2.45. The molecule has 0 saturated carbocycles. The first-order chi connectivity index (χ1) is 8.69. The normalized spacial score (nSPS) is 14.2. The molecule has 3 nitrogen and oxygen atoms in total. The Morgan fingerprint density at radius 3 is 2.83 bits per heavy atom. The van der Waals surface area contributed by atoms with Crippen LogP contribution < -0.4 is 5.32 Å². The average Bonchev–Trinajstić information content (AvgIpc) is 2.88. The molecule has 0 aromatic carbocycles. The van der Waals surface area contributed by atoms with Crippen LogP contribution in [0.5, 0.6) is 0 Å². The van der Waals surface area contributed by atoms with Gasteiger partial charge < -0.3 is 10.1 Å². The van der Waals surface area contributed by atoms with E-state index in [1.54, 1.807) is 11.3 Å². The van der Waals surface area contributed by atoms with Crippen molar-refractivity contribution in [2.24, 2.45) is 5.92 Å². The van der Waals surface area contributed by atoms with Crippen LogP contribution in [0.15, 0.2) is 17.5 Å². The molecule has 4 heteroatoms. The van der Waals surface area contributed by atoms with Gasteiger partial charge in [-0.25, -0.2) is 0 Å². The van der Waals surface area contributed by atoms with Gasteiger partial charge in [0.1, 0.15) is 0 Å². The van der Waals surface area contributed by atoms with E-state index in [2.05, 4.69) is 29.8 Å². The minimum Gasteiger partial charge on any atom is -0.466 e. The molecule has 0 radical (unpaired) electrons. The van der Waals surface area contributed by atoms with Crippen molar-refractivity contribution in [2.75, 3.05) is 13.2 Å². The molecule has 1 N–H and O–H groups in total. The van der Waals surface area contributed by atoms with Crippen LogP contribution in [-0.2, 0) is 9.53 Å². The zero-order valence-corrected chi connectivity index (χ0v) is 12.3. The summed E-state index contributed by atoms with van der Waals surface area (Å²) in [5.74, 6) is -0.212. The second-order valence-electron chi connectivity index (χ2n) is 4.42. The third kappa shape index (κ3) is 4.78. The first-order valence-electron chi connectivity index (χ1n) is 6.62. The quantitative estimate of drug-likeness (QED) is 0.735. The lowest BCUT2D eigenvalue weighted by molar-refractivity contribution is -0.147. The van der Waals surface area contributed by atoms with Gasteiger partial charge in [-0.2, -0.15) is 0 Å². The highest BCUT2D eigenvalue weighted by molar-refractivity contribution is 7.10. The van der Waals surface area contributed by atoms with E-state index < -0.39 is 0 Å². The van der Waals surface area contributed by atoms with Crippen molar-refractivity contribution in [3.05, 3.63) is 22.4 Å². The van der Waals surface area contributed by atoms with E-state index in [9.17, 15) is 4.79 Å². The SMILES string of the molecule is CCCC(NCC(C)C(=O)OCC)c1cccs1. The first-order valence-corrected chi connectivity index (χ1v) is 7.50. The molecule has 1 aromatic heterocycles. The van der Waals surface area contributed by atoms with Crippen LogP contribution in [0.2, 0.25) is 0 Å². The van der Waals surface area contributed by atoms with E-state index in [0.29, 0.717) is 19.2 Å². The Labute approximate surface area is 114 Å². The summed E-state index contributed by atoms with van der Waals surface area (Å²) in [6, 6.07) is 4.57. The number of hydrogen-bond donors (Lipinski definition) is 1. The van der Waals surface area contributed by atoms with Gasteiger partial charge in [-0.15, -0.1) is 11.3 Å². The first kappa shape index (κ1) is 15.2. The Morgan fingerprint density at radius 2 is 2.28 bits per heavy atom. The number of rotatable bonds is 8.